The molecule has 3 nitrogen and oxygen atoms in total. The van der Waals surface area contributed by atoms with E-state index in [9.17, 15) is 4.79 Å². The number of carbonyl (C=O) groups excluding carboxylic acids is 1. The highest BCUT2D eigenvalue weighted by Gasteiger charge is 2.27. The van der Waals surface area contributed by atoms with Crippen molar-refractivity contribution in [2.75, 3.05) is 18.0 Å². The molecule has 0 aliphatic heterocycles. The highest BCUT2D eigenvalue weighted by atomic mass is 16.2. The molecule has 19 heavy (non-hydrogen) atoms. The summed E-state index contributed by atoms with van der Waals surface area (Å²) < 4.78 is 0. The topological polar surface area (TPSA) is 46.3 Å². The molecule has 0 atom stereocenters. The Hall–Kier alpha value is -1.35. The Morgan fingerprint density at radius 1 is 1.26 bits per heavy atom. The van der Waals surface area contributed by atoms with Gasteiger partial charge in [0.1, 0.15) is 0 Å². The molecule has 1 aromatic rings. The lowest BCUT2D eigenvalue weighted by Gasteiger charge is -2.26. The number of hydrogen-bond donors (Lipinski definition) is 1. The van der Waals surface area contributed by atoms with E-state index < -0.39 is 0 Å². The van der Waals surface area contributed by atoms with Crippen molar-refractivity contribution in [2.24, 2.45) is 11.7 Å². The first-order valence-electron chi connectivity index (χ1n) is 7.30. The van der Waals surface area contributed by atoms with Crippen LogP contribution in [-0.2, 0) is 4.79 Å². The summed E-state index contributed by atoms with van der Waals surface area (Å²) in [5.41, 5.74) is 7.82. The van der Waals surface area contributed by atoms with Gasteiger partial charge in [0.25, 0.3) is 0 Å². The van der Waals surface area contributed by atoms with Crippen molar-refractivity contribution in [1.29, 1.82) is 0 Å². The van der Waals surface area contributed by atoms with Crippen molar-refractivity contribution in [1.82, 2.24) is 0 Å². The molecule has 0 aromatic heterocycles. The second-order valence-corrected chi connectivity index (χ2v) is 5.45. The van der Waals surface area contributed by atoms with Gasteiger partial charge in [-0.15, -0.1) is 0 Å². The normalized spacial score (nSPS) is 15.7. The van der Waals surface area contributed by atoms with E-state index in [1.165, 1.54) is 18.4 Å². The first-order chi connectivity index (χ1) is 9.22. The molecule has 3 heteroatoms. The second kappa shape index (κ2) is 6.71. The fourth-order valence-electron chi connectivity index (χ4n) is 2.73. The summed E-state index contributed by atoms with van der Waals surface area (Å²) in [7, 11) is 0. The average molecular weight is 260 g/mol. The summed E-state index contributed by atoms with van der Waals surface area (Å²) in [6.45, 7) is 3.42. The first kappa shape index (κ1) is 14.1. The predicted molar refractivity (Wildman–Crippen MR) is 79.2 cm³/mol. The molecular formula is C16H24N2O. The summed E-state index contributed by atoms with van der Waals surface area (Å²) in [6, 6.07) is 8.21. The SMILES string of the molecule is Cc1ccc(N(CCCN)C(=O)C2CCCC2)cc1. The third kappa shape index (κ3) is 3.57. The van der Waals surface area contributed by atoms with E-state index in [1.807, 2.05) is 17.0 Å². The van der Waals surface area contributed by atoms with Gasteiger partial charge in [0.15, 0.2) is 0 Å². The Morgan fingerprint density at radius 2 is 1.89 bits per heavy atom. The molecule has 1 aliphatic carbocycles. The Labute approximate surface area is 115 Å². The van der Waals surface area contributed by atoms with Gasteiger partial charge in [0, 0.05) is 18.2 Å². The molecule has 0 spiro atoms. The lowest BCUT2D eigenvalue weighted by molar-refractivity contribution is -0.122. The average Bonchev–Trinajstić information content (AvgIpc) is 2.95. The molecule has 2 rings (SSSR count). The molecule has 1 aliphatic rings. The van der Waals surface area contributed by atoms with Crippen molar-refractivity contribution < 1.29 is 4.79 Å². The van der Waals surface area contributed by atoms with E-state index in [1.54, 1.807) is 0 Å². The highest BCUT2D eigenvalue weighted by molar-refractivity contribution is 5.95. The van der Waals surface area contributed by atoms with Gasteiger partial charge in [0.05, 0.1) is 0 Å². The Bertz CT molecular complexity index is 407. The van der Waals surface area contributed by atoms with E-state index >= 15 is 0 Å². The Morgan fingerprint density at radius 3 is 2.47 bits per heavy atom. The summed E-state index contributed by atoms with van der Waals surface area (Å²) in [5.74, 6) is 0.508. The molecule has 104 valence electrons. The fourth-order valence-corrected chi connectivity index (χ4v) is 2.73. The number of aryl methyl sites for hydroxylation is 1. The van der Waals surface area contributed by atoms with Crippen LogP contribution in [0.15, 0.2) is 24.3 Å². The number of nitrogens with two attached hydrogens (primary N) is 1. The maximum absolute atomic E-state index is 12.6. The minimum Gasteiger partial charge on any atom is -0.330 e. The Balaban J connectivity index is 2.14. The summed E-state index contributed by atoms with van der Waals surface area (Å²) >= 11 is 0. The minimum atomic E-state index is 0.221. The number of benzene rings is 1. The van der Waals surface area contributed by atoms with Gasteiger partial charge in [-0.05, 0) is 44.9 Å². The standard InChI is InChI=1S/C16H24N2O/c1-13-7-9-15(10-8-13)18(12-4-11-17)16(19)14-5-2-3-6-14/h7-10,14H,2-6,11-12,17H2,1H3. The number of hydrogen-bond acceptors (Lipinski definition) is 2. The third-order valence-corrected chi connectivity index (χ3v) is 3.90. The van der Waals surface area contributed by atoms with Gasteiger partial charge in [-0.25, -0.2) is 0 Å². The van der Waals surface area contributed by atoms with Gasteiger partial charge < -0.3 is 10.6 Å². The van der Waals surface area contributed by atoms with Crippen LogP contribution in [0.1, 0.15) is 37.7 Å². The largest absolute Gasteiger partial charge is 0.330 e. The third-order valence-electron chi connectivity index (χ3n) is 3.90. The molecule has 1 fully saturated rings. The predicted octanol–water partition coefficient (Wildman–Crippen LogP) is 2.87. The van der Waals surface area contributed by atoms with Crippen LogP contribution in [-0.4, -0.2) is 19.0 Å². The molecule has 0 radical (unpaired) electrons. The molecule has 0 unspecified atom stereocenters. The van der Waals surface area contributed by atoms with Gasteiger partial charge in [0.2, 0.25) is 5.91 Å². The monoisotopic (exact) mass is 260 g/mol. The molecule has 0 bridgehead atoms. The summed E-state index contributed by atoms with van der Waals surface area (Å²) in [6.07, 6.45) is 5.32. The number of rotatable bonds is 5. The van der Waals surface area contributed by atoms with Crippen LogP contribution in [0.25, 0.3) is 0 Å². The number of nitrogens with zero attached hydrogens (tertiary/aromatic N) is 1. The van der Waals surface area contributed by atoms with E-state index in [0.29, 0.717) is 6.54 Å². The number of carbonyl (C=O) groups is 1. The van der Waals surface area contributed by atoms with Gasteiger partial charge >= 0.3 is 0 Å². The minimum absolute atomic E-state index is 0.221. The van der Waals surface area contributed by atoms with Crippen LogP contribution in [0.4, 0.5) is 5.69 Å². The van der Waals surface area contributed by atoms with Crippen molar-refractivity contribution in [2.45, 2.75) is 39.0 Å². The zero-order valence-corrected chi connectivity index (χ0v) is 11.8. The molecule has 0 heterocycles. The Kier molecular flexibility index (Phi) is 4.97. The van der Waals surface area contributed by atoms with Crippen LogP contribution < -0.4 is 10.6 Å². The second-order valence-electron chi connectivity index (χ2n) is 5.45. The zero-order valence-electron chi connectivity index (χ0n) is 11.8. The zero-order chi connectivity index (χ0) is 13.7. The van der Waals surface area contributed by atoms with Gasteiger partial charge in [-0.1, -0.05) is 30.5 Å². The molecule has 1 amide bonds. The van der Waals surface area contributed by atoms with Gasteiger partial charge in [-0.3, -0.25) is 4.79 Å². The lowest BCUT2D eigenvalue weighted by atomic mass is 10.1. The smallest absolute Gasteiger partial charge is 0.230 e. The van der Waals surface area contributed by atoms with E-state index in [2.05, 4.69) is 19.1 Å². The van der Waals surface area contributed by atoms with Crippen molar-refractivity contribution in [3.63, 3.8) is 0 Å². The molecule has 1 saturated carbocycles. The van der Waals surface area contributed by atoms with Crippen molar-refractivity contribution >= 4 is 11.6 Å². The maximum atomic E-state index is 12.6. The number of amides is 1. The first-order valence-corrected chi connectivity index (χ1v) is 7.30. The van der Waals surface area contributed by atoms with E-state index in [0.717, 1.165) is 31.5 Å². The van der Waals surface area contributed by atoms with Gasteiger partial charge in [-0.2, -0.15) is 0 Å². The fraction of sp³-hybridized carbons (Fsp3) is 0.562. The van der Waals surface area contributed by atoms with Crippen LogP contribution in [0, 0.1) is 12.8 Å². The van der Waals surface area contributed by atoms with Crippen LogP contribution in [0.2, 0.25) is 0 Å². The van der Waals surface area contributed by atoms with Crippen LogP contribution in [0.3, 0.4) is 0 Å². The maximum Gasteiger partial charge on any atom is 0.230 e. The quantitative estimate of drug-likeness (QED) is 0.885. The highest BCUT2D eigenvalue weighted by Crippen LogP contribution is 2.28. The molecule has 0 saturated heterocycles. The van der Waals surface area contributed by atoms with Crippen molar-refractivity contribution in [3.05, 3.63) is 29.8 Å². The molecule has 2 N–H and O–H groups in total. The molecular weight excluding hydrogens is 236 g/mol. The van der Waals surface area contributed by atoms with E-state index in [4.69, 9.17) is 5.73 Å². The summed E-state index contributed by atoms with van der Waals surface area (Å²) in [5, 5.41) is 0. The van der Waals surface area contributed by atoms with E-state index in [-0.39, 0.29) is 11.8 Å². The molecule has 1 aromatic carbocycles. The summed E-state index contributed by atoms with van der Waals surface area (Å²) in [4.78, 5) is 14.6. The van der Waals surface area contributed by atoms with Crippen LogP contribution in [0.5, 0.6) is 0 Å². The number of anilines is 1. The van der Waals surface area contributed by atoms with Crippen LogP contribution >= 0.6 is 0 Å². The lowest BCUT2D eigenvalue weighted by Crippen LogP contribution is -2.36. The van der Waals surface area contributed by atoms with Crippen molar-refractivity contribution in [3.8, 4) is 0 Å².